The van der Waals surface area contributed by atoms with Gasteiger partial charge in [-0.25, -0.2) is 9.78 Å². The molecule has 1 atom stereocenters. The first-order valence-electron chi connectivity index (χ1n) is 7.95. The minimum Gasteiger partial charge on any atom is -0.469 e. The monoisotopic (exact) mass is 316 g/mol. The van der Waals surface area contributed by atoms with Crippen molar-refractivity contribution in [1.82, 2.24) is 15.6 Å². The van der Waals surface area contributed by atoms with Crippen LogP contribution in [-0.4, -0.2) is 30.1 Å². The van der Waals surface area contributed by atoms with Crippen LogP contribution in [0.4, 0.5) is 10.6 Å². The zero-order valence-corrected chi connectivity index (χ0v) is 13.4. The quantitative estimate of drug-likeness (QED) is 0.622. The number of anilines is 1. The van der Waals surface area contributed by atoms with Gasteiger partial charge >= 0.3 is 6.03 Å². The Morgan fingerprint density at radius 2 is 2.17 bits per heavy atom. The van der Waals surface area contributed by atoms with Gasteiger partial charge in [0.1, 0.15) is 11.6 Å². The Kier molecular flexibility index (Phi) is 6.97. The van der Waals surface area contributed by atoms with E-state index in [2.05, 4.69) is 20.9 Å². The largest absolute Gasteiger partial charge is 0.469 e. The Morgan fingerprint density at radius 3 is 2.91 bits per heavy atom. The molecule has 2 aromatic rings. The minimum absolute atomic E-state index is 0.103. The third-order valence-electron chi connectivity index (χ3n) is 3.39. The summed E-state index contributed by atoms with van der Waals surface area (Å²) in [6, 6.07) is 9.53. The Morgan fingerprint density at radius 1 is 1.26 bits per heavy atom. The summed E-state index contributed by atoms with van der Waals surface area (Å²) < 4.78 is 5.28. The molecule has 0 aliphatic carbocycles. The molecular formula is C17H24N4O2. The van der Waals surface area contributed by atoms with Crippen LogP contribution >= 0.6 is 0 Å². The van der Waals surface area contributed by atoms with Crippen LogP contribution in [0.2, 0.25) is 0 Å². The van der Waals surface area contributed by atoms with Crippen molar-refractivity contribution in [2.75, 3.05) is 18.4 Å². The van der Waals surface area contributed by atoms with Crippen molar-refractivity contribution in [1.29, 1.82) is 0 Å². The summed E-state index contributed by atoms with van der Waals surface area (Å²) >= 11 is 0. The third-order valence-corrected chi connectivity index (χ3v) is 3.39. The van der Waals surface area contributed by atoms with E-state index >= 15 is 0 Å². The van der Waals surface area contributed by atoms with Gasteiger partial charge in [-0.3, -0.25) is 0 Å². The predicted octanol–water partition coefficient (Wildman–Crippen LogP) is 2.80. The van der Waals surface area contributed by atoms with Crippen LogP contribution in [0.15, 0.2) is 47.2 Å². The molecule has 1 unspecified atom stereocenters. The van der Waals surface area contributed by atoms with Gasteiger partial charge in [-0.05, 0) is 44.0 Å². The summed E-state index contributed by atoms with van der Waals surface area (Å²) in [6.07, 6.45) is 5.92. The zero-order chi connectivity index (χ0) is 16.3. The topological polar surface area (TPSA) is 79.2 Å². The van der Waals surface area contributed by atoms with Crippen molar-refractivity contribution in [2.45, 2.75) is 32.2 Å². The number of hydrogen-bond donors (Lipinski definition) is 3. The molecule has 23 heavy (non-hydrogen) atoms. The van der Waals surface area contributed by atoms with Gasteiger partial charge in [0.2, 0.25) is 0 Å². The number of urea groups is 1. The molecule has 0 saturated carbocycles. The summed E-state index contributed by atoms with van der Waals surface area (Å²) in [5.41, 5.74) is 0. The van der Waals surface area contributed by atoms with Gasteiger partial charge in [0.05, 0.1) is 6.26 Å². The van der Waals surface area contributed by atoms with Crippen molar-refractivity contribution in [3.05, 3.63) is 48.6 Å². The highest BCUT2D eigenvalue weighted by Gasteiger charge is 2.07. The molecule has 2 rings (SSSR count). The Hall–Kier alpha value is -2.50. The van der Waals surface area contributed by atoms with Gasteiger partial charge in [0, 0.05) is 31.7 Å². The fourth-order valence-corrected chi connectivity index (χ4v) is 2.13. The van der Waals surface area contributed by atoms with E-state index in [1.54, 1.807) is 12.5 Å². The van der Waals surface area contributed by atoms with Crippen LogP contribution in [-0.2, 0) is 6.42 Å². The first-order valence-corrected chi connectivity index (χ1v) is 7.95. The van der Waals surface area contributed by atoms with E-state index in [9.17, 15) is 4.79 Å². The van der Waals surface area contributed by atoms with Crippen molar-refractivity contribution >= 4 is 11.8 Å². The van der Waals surface area contributed by atoms with Crippen LogP contribution in [0.5, 0.6) is 0 Å². The lowest BCUT2D eigenvalue weighted by Crippen LogP contribution is -2.41. The van der Waals surface area contributed by atoms with Gasteiger partial charge in [-0.2, -0.15) is 0 Å². The maximum atomic E-state index is 11.8. The fourth-order valence-electron chi connectivity index (χ4n) is 2.13. The smallest absolute Gasteiger partial charge is 0.314 e. The van der Waals surface area contributed by atoms with Crippen LogP contribution in [0.1, 0.15) is 25.5 Å². The van der Waals surface area contributed by atoms with E-state index in [1.165, 1.54) is 0 Å². The number of hydrogen-bond acceptors (Lipinski definition) is 4. The van der Waals surface area contributed by atoms with E-state index in [4.69, 9.17) is 4.42 Å². The maximum Gasteiger partial charge on any atom is 0.314 e. The van der Waals surface area contributed by atoms with Crippen molar-refractivity contribution in [2.24, 2.45) is 0 Å². The molecular weight excluding hydrogens is 292 g/mol. The van der Waals surface area contributed by atoms with Crippen LogP contribution in [0.25, 0.3) is 0 Å². The predicted molar refractivity (Wildman–Crippen MR) is 90.4 cm³/mol. The summed E-state index contributed by atoms with van der Waals surface area (Å²) in [5.74, 6) is 1.79. The molecule has 0 aliphatic rings. The SMILES string of the molecule is CC(CCc1ccco1)NC(=O)NCCCNc1ccccn1. The van der Waals surface area contributed by atoms with Crippen LogP contribution in [0, 0.1) is 0 Å². The average molecular weight is 316 g/mol. The highest BCUT2D eigenvalue weighted by atomic mass is 16.3. The lowest BCUT2D eigenvalue weighted by molar-refractivity contribution is 0.237. The third kappa shape index (κ3) is 6.86. The molecule has 0 saturated heterocycles. The van der Waals surface area contributed by atoms with Gasteiger partial charge in [0.15, 0.2) is 0 Å². The first kappa shape index (κ1) is 16.9. The second-order valence-corrected chi connectivity index (χ2v) is 5.41. The van der Waals surface area contributed by atoms with Crippen molar-refractivity contribution in [3.63, 3.8) is 0 Å². The molecule has 0 fully saturated rings. The molecule has 0 spiro atoms. The second-order valence-electron chi connectivity index (χ2n) is 5.41. The number of nitrogens with zero attached hydrogens (tertiary/aromatic N) is 1. The number of carbonyl (C=O) groups excluding carboxylic acids is 1. The number of pyridine rings is 1. The standard InChI is InChI=1S/C17H24N4O2/c1-14(8-9-15-6-4-13-23-15)21-17(22)20-12-5-11-19-16-7-2-3-10-18-16/h2-4,6-7,10,13-14H,5,8-9,11-12H2,1H3,(H,18,19)(H2,20,21,22). The molecule has 0 aromatic carbocycles. The Bertz CT molecular complexity index is 557. The summed E-state index contributed by atoms with van der Waals surface area (Å²) in [4.78, 5) is 15.9. The lowest BCUT2D eigenvalue weighted by atomic mass is 10.1. The zero-order valence-electron chi connectivity index (χ0n) is 13.4. The highest BCUT2D eigenvalue weighted by Crippen LogP contribution is 2.05. The van der Waals surface area contributed by atoms with Gasteiger partial charge in [-0.1, -0.05) is 6.07 Å². The molecule has 2 heterocycles. The Balaban J connectivity index is 1.51. The molecule has 2 amide bonds. The summed E-state index contributed by atoms with van der Waals surface area (Å²) in [6.45, 7) is 3.38. The van der Waals surface area contributed by atoms with Gasteiger partial charge in [0.25, 0.3) is 0 Å². The number of furan rings is 1. The van der Waals surface area contributed by atoms with E-state index in [0.29, 0.717) is 6.54 Å². The van der Waals surface area contributed by atoms with E-state index in [1.807, 2.05) is 37.3 Å². The molecule has 0 bridgehead atoms. The lowest BCUT2D eigenvalue weighted by Gasteiger charge is -2.14. The average Bonchev–Trinajstić information content (AvgIpc) is 3.07. The minimum atomic E-state index is -0.130. The van der Waals surface area contributed by atoms with E-state index < -0.39 is 0 Å². The number of nitrogens with one attached hydrogen (secondary N) is 3. The van der Waals surface area contributed by atoms with E-state index in [0.717, 1.165) is 37.4 Å². The molecule has 6 nitrogen and oxygen atoms in total. The maximum absolute atomic E-state index is 11.8. The number of amides is 2. The van der Waals surface area contributed by atoms with Gasteiger partial charge in [-0.15, -0.1) is 0 Å². The number of carbonyl (C=O) groups is 1. The van der Waals surface area contributed by atoms with Crippen LogP contribution < -0.4 is 16.0 Å². The van der Waals surface area contributed by atoms with Crippen LogP contribution in [0.3, 0.4) is 0 Å². The molecule has 0 radical (unpaired) electrons. The number of aromatic nitrogens is 1. The van der Waals surface area contributed by atoms with Gasteiger partial charge < -0.3 is 20.4 Å². The van der Waals surface area contributed by atoms with Crippen molar-refractivity contribution < 1.29 is 9.21 Å². The fraction of sp³-hybridized carbons (Fsp3) is 0.412. The number of aryl methyl sites for hydroxylation is 1. The van der Waals surface area contributed by atoms with E-state index in [-0.39, 0.29) is 12.1 Å². The molecule has 124 valence electrons. The second kappa shape index (κ2) is 9.50. The molecule has 0 aliphatic heterocycles. The van der Waals surface area contributed by atoms with Crippen molar-refractivity contribution in [3.8, 4) is 0 Å². The Labute approximate surface area is 136 Å². The molecule has 6 heteroatoms. The normalized spacial score (nSPS) is 11.7. The summed E-state index contributed by atoms with van der Waals surface area (Å²) in [5, 5.41) is 8.99. The number of rotatable bonds is 9. The summed E-state index contributed by atoms with van der Waals surface area (Å²) in [7, 11) is 0. The molecule has 3 N–H and O–H groups in total. The highest BCUT2D eigenvalue weighted by molar-refractivity contribution is 5.74. The first-order chi connectivity index (χ1) is 11.2. The molecule has 2 aromatic heterocycles.